The first-order valence-corrected chi connectivity index (χ1v) is 14.9. The van der Waals surface area contributed by atoms with E-state index in [9.17, 15) is 9.18 Å². The SMILES string of the molecule is CCP(CC)c1ccc(-n2ccn(C(=Nc3cc(C)c(F)c(C)c3)C3=C(N)CCN(C)C3)c2=O)c(F)c1NC. The number of hydrogen-bond donors (Lipinski definition) is 2. The van der Waals surface area contributed by atoms with Crippen LogP contribution in [0.4, 0.5) is 20.2 Å². The molecule has 7 nitrogen and oxygen atoms in total. The molecular formula is C29H37F2N6OP. The summed E-state index contributed by atoms with van der Waals surface area (Å²) in [5.41, 5.74) is 9.34. The van der Waals surface area contributed by atoms with Gasteiger partial charge in [-0.25, -0.2) is 18.6 Å². The zero-order valence-electron chi connectivity index (χ0n) is 23.5. The quantitative estimate of drug-likeness (QED) is 0.249. The maximum atomic E-state index is 15.9. The average Bonchev–Trinajstić information content (AvgIpc) is 3.28. The van der Waals surface area contributed by atoms with E-state index in [1.54, 1.807) is 51.5 Å². The molecule has 4 rings (SSSR count). The average molecular weight is 555 g/mol. The minimum absolute atomic E-state index is 0.157. The maximum absolute atomic E-state index is 15.9. The number of aliphatic imine (C=N–C) groups is 1. The number of aryl methyl sites for hydroxylation is 2. The molecule has 0 amide bonds. The minimum Gasteiger partial charge on any atom is -0.402 e. The van der Waals surface area contributed by atoms with Gasteiger partial charge in [0.2, 0.25) is 0 Å². The maximum Gasteiger partial charge on any atom is 0.338 e. The minimum atomic E-state index is -0.508. The van der Waals surface area contributed by atoms with Crippen molar-refractivity contribution in [3.05, 3.63) is 81.2 Å². The molecule has 39 heavy (non-hydrogen) atoms. The van der Waals surface area contributed by atoms with Crippen molar-refractivity contribution in [2.75, 3.05) is 44.8 Å². The number of imidazole rings is 1. The van der Waals surface area contributed by atoms with E-state index < -0.39 is 19.4 Å². The number of hydrogen-bond acceptors (Lipinski definition) is 5. The molecule has 0 saturated carbocycles. The van der Waals surface area contributed by atoms with E-state index in [0.29, 0.717) is 52.6 Å². The lowest BCUT2D eigenvalue weighted by Gasteiger charge is -2.27. The number of halogens is 2. The fourth-order valence-electron chi connectivity index (χ4n) is 5.03. The van der Waals surface area contributed by atoms with Crippen LogP contribution in [0.25, 0.3) is 5.69 Å². The van der Waals surface area contributed by atoms with Crippen molar-refractivity contribution >= 4 is 30.4 Å². The van der Waals surface area contributed by atoms with Crippen molar-refractivity contribution in [2.45, 2.75) is 34.1 Å². The number of likely N-dealkylation sites (N-methyl/N-ethyl adjacent to an activating group) is 1. The van der Waals surface area contributed by atoms with Crippen LogP contribution in [0.5, 0.6) is 0 Å². The first-order chi connectivity index (χ1) is 18.6. The molecule has 2 heterocycles. The molecule has 1 aliphatic rings. The number of benzene rings is 2. The van der Waals surface area contributed by atoms with Gasteiger partial charge in [-0.3, -0.25) is 9.13 Å². The van der Waals surface area contributed by atoms with Crippen LogP contribution in [0.15, 0.2) is 57.7 Å². The van der Waals surface area contributed by atoms with E-state index in [4.69, 9.17) is 10.7 Å². The topological polar surface area (TPSA) is 80.6 Å². The molecule has 1 aliphatic heterocycles. The molecule has 10 heteroatoms. The Bertz CT molecular complexity index is 1480. The van der Waals surface area contributed by atoms with E-state index in [1.807, 2.05) is 13.1 Å². The van der Waals surface area contributed by atoms with E-state index in [2.05, 4.69) is 24.1 Å². The van der Waals surface area contributed by atoms with Crippen molar-refractivity contribution < 1.29 is 8.78 Å². The second kappa shape index (κ2) is 11.8. The standard InChI is InChI=1S/C29H37F2N6OP/c1-7-39(8-2)24-10-9-23(26(31)27(24)33-5)36-13-14-37(29(36)38)28(21-17-35(6)12-11-22(21)32)34-20-15-18(3)25(30)19(4)16-20/h9-10,13-16,33H,7-8,11-12,17,32H2,1-6H3. The van der Waals surface area contributed by atoms with E-state index >= 15 is 4.39 Å². The van der Waals surface area contributed by atoms with Crippen molar-refractivity contribution in [2.24, 2.45) is 10.7 Å². The van der Waals surface area contributed by atoms with Gasteiger partial charge < -0.3 is 16.0 Å². The molecule has 0 fully saturated rings. The predicted molar refractivity (Wildman–Crippen MR) is 159 cm³/mol. The Hall–Kier alpha value is -3.29. The molecule has 0 saturated heterocycles. The molecule has 2 aromatic carbocycles. The summed E-state index contributed by atoms with van der Waals surface area (Å²) in [6.45, 7) is 8.86. The van der Waals surface area contributed by atoms with Crippen LogP contribution >= 0.6 is 7.92 Å². The van der Waals surface area contributed by atoms with Crippen molar-refractivity contribution in [1.29, 1.82) is 0 Å². The summed E-state index contributed by atoms with van der Waals surface area (Å²) in [4.78, 5) is 20.7. The molecule has 3 N–H and O–H groups in total. The zero-order valence-corrected chi connectivity index (χ0v) is 24.4. The Morgan fingerprint density at radius 3 is 2.38 bits per heavy atom. The lowest BCUT2D eigenvalue weighted by Crippen LogP contribution is -2.38. The van der Waals surface area contributed by atoms with Gasteiger partial charge in [-0.05, 0) is 62.5 Å². The second-order valence-corrected chi connectivity index (χ2v) is 12.7. The summed E-state index contributed by atoms with van der Waals surface area (Å²) in [5, 5.41) is 3.97. The van der Waals surface area contributed by atoms with Crippen molar-refractivity contribution in [1.82, 2.24) is 14.0 Å². The first-order valence-electron chi connectivity index (χ1n) is 13.2. The Balaban J connectivity index is 1.90. The lowest BCUT2D eigenvalue weighted by molar-refractivity contribution is 0.352. The van der Waals surface area contributed by atoms with Gasteiger partial charge in [0.05, 0.1) is 17.1 Å². The van der Waals surface area contributed by atoms with Gasteiger partial charge in [-0.15, -0.1) is 0 Å². The highest BCUT2D eigenvalue weighted by molar-refractivity contribution is 7.65. The Kier molecular flexibility index (Phi) is 8.72. The first kappa shape index (κ1) is 28.7. The molecule has 0 spiro atoms. The van der Waals surface area contributed by atoms with Crippen LogP contribution in [-0.4, -0.2) is 59.4 Å². The molecule has 0 radical (unpaired) electrons. The van der Waals surface area contributed by atoms with Crippen LogP contribution in [0, 0.1) is 25.5 Å². The summed E-state index contributed by atoms with van der Waals surface area (Å²) in [7, 11) is 3.16. The van der Waals surface area contributed by atoms with Crippen LogP contribution < -0.4 is 22.0 Å². The van der Waals surface area contributed by atoms with Crippen LogP contribution in [0.2, 0.25) is 0 Å². The van der Waals surface area contributed by atoms with Gasteiger partial charge in [0.1, 0.15) is 11.7 Å². The summed E-state index contributed by atoms with van der Waals surface area (Å²) in [5.74, 6) is -0.410. The monoisotopic (exact) mass is 554 g/mol. The molecule has 208 valence electrons. The van der Waals surface area contributed by atoms with Gasteiger partial charge in [0, 0.05) is 55.5 Å². The van der Waals surface area contributed by atoms with Crippen LogP contribution in [0.3, 0.4) is 0 Å². The number of nitrogens with one attached hydrogen (secondary N) is 1. The second-order valence-electron chi connectivity index (χ2n) is 9.86. The zero-order chi connectivity index (χ0) is 28.4. The lowest BCUT2D eigenvalue weighted by atomic mass is 10.1. The van der Waals surface area contributed by atoms with Gasteiger partial charge in [0.15, 0.2) is 5.82 Å². The highest BCUT2D eigenvalue weighted by Gasteiger charge is 2.24. The van der Waals surface area contributed by atoms with E-state index in [1.165, 1.54) is 9.13 Å². The van der Waals surface area contributed by atoms with Crippen LogP contribution in [0.1, 0.15) is 31.4 Å². The largest absolute Gasteiger partial charge is 0.402 e. The fourth-order valence-corrected chi connectivity index (χ4v) is 6.97. The van der Waals surface area contributed by atoms with Crippen LogP contribution in [-0.2, 0) is 0 Å². The summed E-state index contributed by atoms with van der Waals surface area (Å²) >= 11 is 0. The molecule has 3 aromatic rings. The smallest absolute Gasteiger partial charge is 0.338 e. The molecule has 0 bridgehead atoms. The third-order valence-corrected chi connectivity index (χ3v) is 9.80. The molecule has 0 unspecified atom stereocenters. The highest BCUT2D eigenvalue weighted by atomic mass is 31.1. The number of nitrogens with two attached hydrogens (primary N) is 1. The number of rotatable bonds is 7. The van der Waals surface area contributed by atoms with Gasteiger partial charge in [0.25, 0.3) is 0 Å². The summed E-state index contributed by atoms with van der Waals surface area (Å²) in [6, 6.07) is 6.88. The third-order valence-electron chi connectivity index (χ3n) is 7.22. The normalized spacial score (nSPS) is 14.9. The number of aromatic nitrogens is 2. The van der Waals surface area contributed by atoms with Gasteiger partial charge in [-0.2, -0.15) is 0 Å². The highest BCUT2D eigenvalue weighted by Crippen LogP contribution is 2.38. The molecular weight excluding hydrogens is 517 g/mol. The third kappa shape index (κ3) is 5.56. The summed E-state index contributed by atoms with van der Waals surface area (Å²) in [6.07, 6.45) is 5.64. The Labute approximate surface area is 229 Å². The van der Waals surface area contributed by atoms with Crippen molar-refractivity contribution in [3.8, 4) is 5.69 Å². The van der Waals surface area contributed by atoms with E-state index in [0.717, 1.165) is 24.2 Å². The predicted octanol–water partition coefficient (Wildman–Crippen LogP) is 4.85. The van der Waals surface area contributed by atoms with Gasteiger partial charge in [-0.1, -0.05) is 27.8 Å². The number of nitrogens with zero attached hydrogens (tertiary/aromatic N) is 4. The Morgan fingerprint density at radius 1 is 1.10 bits per heavy atom. The summed E-state index contributed by atoms with van der Waals surface area (Å²) < 4.78 is 32.9. The van der Waals surface area contributed by atoms with E-state index in [-0.39, 0.29) is 11.5 Å². The molecule has 0 aliphatic carbocycles. The van der Waals surface area contributed by atoms with Gasteiger partial charge >= 0.3 is 5.69 Å². The molecule has 0 atom stereocenters. The molecule has 1 aromatic heterocycles. The fraction of sp³-hybridized carbons (Fsp3) is 0.379. The number of anilines is 1. The Morgan fingerprint density at radius 2 is 1.77 bits per heavy atom. The van der Waals surface area contributed by atoms with Crippen molar-refractivity contribution in [3.63, 3.8) is 0 Å².